The molecule has 0 aromatic heterocycles. The van der Waals surface area contributed by atoms with Gasteiger partial charge in [0.1, 0.15) is 6.04 Å². The van der Waals surface area contributed by atoms with E-state index in [1.165, 1.54) is 13.2 Å². The number of amides is 1. The average molecular weight is 304 g/mol. The van der Waals surface area contributed by atoms with Crippen LogP contribution in [-0.2, 0) is 14.3 Å². The summed E-state index contributed by atoms with van der Waals surface area (Å²) in [7, 11) is 0.159. The van der Waals surface area contributed by atoms with Crippen LogP contribution in [0.3, 0.4) is 0 Å². The van der Waals surface area contributed by atoms with Crippen LogP contribution in [0.25, 0.3) is 0 Å². The van der Waals surface area contributed by atoms with Gasteiger partial charge in [0, 0.05) is 8.07 Å². The molecule has 0 saturated carbocycles. The van der Waals surface area contributed by atoms with Crippen molar-refractivity contribution in [3.05, 3.63) is 12.2 Å². The van der Waals surface area contributed by atoms with E-state index < -0.39 is 14.1 Å². The Kier molecular flexibility index (Phi) is 8.83. The minimum atomic E-state index is -1.18. The number of esters is 1. The molecule has 6 heteroatoms. The number of hydrogen-bond acceptors (Lipinski definition) is 4. The fraction of sp³-hybridized carbons (Fsp3) is 0.692. The van der Waals surface area contributed by atoms with E-state index in [2.05, 4.69) is 29.7 Å². The zero-order chi connectivity index (χ0) is 14.9. The van der Waals surface area contributed by atoms with Crippen LogP contribution in [0, 0.1) is 0 Å². The van der Waals surface area contributed by atoms with E-state index in [-0.39, 0.29) is 11.9 Å². The summed E-state index contributed by atoms with van der Waals surface area (Å²) in [5.41, 5.74) is 0. The SMILES string of the molecule is COC(=O)[C@H](CCSC)NC(=O)/C=C/C[Si](C)(C)C. The summed E-state index contributed by atoms with van der Waals surface area (Å²) in [6, 6.07) is 0.398. The maximum Gasteiger partial charge on any atom is 0.328 e. The predicted octanol–water partition coefficient (Wildman–Crippen LogP) is 2.29. The molecule has 0 bridgehead atoms. The van der Waals surface area contributed by atoms with Gasteiger partial charge in [-0.3, -0.25) is 4.79 Å². The second kappa shape index (κ2) is 9.20. The number of hydrogen-bond donors (Lipinski definition) is 1. The van der Waals surface area contributed by atoms with Crippen LogP contribution in [0.4, 0.5) is 0 Å². The monoisotopic (exact) mass is 303 g/mol. The number of rotatable bonds is 8. The molecular weight excluding hydrogens is 278 g/mol. The van der Waals surface area contributed by atoms with Crippen molar-refractivity contribution in [2.45, 2.75) is 38.1 Å². The Bertz CT molecular complexity index is 326. The van der Waals surface area contributed by atoms with Crippen molar-refractivity contribution < 1.29 is 14.3 Å². The van der Waals surface area contributed by atoms with Crippen molar-refractivity contribution in [2.24, 2.45) is 0 Å². The Balaban J connectivity index is 4.34. The minimum Gasteiger partial charge on any atom is -0.467 e. The predicted molar refractivity (Wildman–Crippen MR) is 84.2 cm³/mol. The zero-order valence-electron chi connectivity index (χ0n) is 12.5. The molecule has 0 rings (SSSR count). The maximum atomic E-state index is 11.7. The molecule has 0 aromatic rings. The van der Waals surface area contributed by atoms with E-state index in [4.69, 9.17) is 0 Å². The summed E-state index contributed by atoms with van der Waals surface area (Å²) in [4.78, 5) is 23.2. The largest absolute Gasteiger partial charge is 0.467 e. The van der Waals surface area contributed by atoms with Gasteiger partial charge in [-0.05, 0) is 30.5 Å². The minimum absolute atomic E-state index is 0.227. The summed E-state index contributed by atoms with van der Waals surface area (Å²) in [6.07, 6.45) is 5.96. The van der Waals surface area contributed by atoms with Crippen molar-refractivity contribution in [2.75, 3.05) is 19.1 Å². The highest BCUT2D eigenvalue weighted by Gasteiger charge is 2.20. The second-order valence-corrected chi connectivity index (χ2v) is 12.0. The van der Waals surface area contributed by atoms with Gasteiger partial charge >= 0.3 is 5.97 Å². The first-order valence-electron chi connectivity index (χ1n) is 6.34. The molecule has 1 amide bonds. The van der Waals surface area contributed by atoms with E-state index in [1.54, 1.807) is 11.8 Å². The second-order valence-electron chi connectivity index (χ2n) is 5.53. The molecule has 0 heterocycles. The van der Waals surface area contributed by atoms with Gasteiger partial charge in [0.05, 0.1) is 7.11 Å². The van der Waals surface area contributed by atoms with E-state index in [0.717, 1.165) is 11.8 Å². The summed E-state index contributed by atoms with van der Waals surface area (Å²) < 4.78 is 4.69. The van der Waals surface area contributed by atoms with Gasteiger partial charge in [-0.25, -0.2) is 4.79 Å². The molecule has 19 heavy (non-hydrogen) atoms. The summed E-state index contributed by atoms with van der Waals surface area (Å²) >= 11 is 1.63. The number of allylic oxidation sites excluding steroid dienone is 1. The molecule has 0 aliphatic rings. The number of methoxy groups -OCH3 is 1. The van der Waals surface area contributed by atoms with Crippen LogP contribution in [0.5, 0.6) is 0 Å². The lowest BCUT2D eigenvalue weighted by Crippen LogP contribution is -2.41. The highest BCUT2D eigenvalue weighted by atomic mass is 32.2. The fourth-order valence-corrected chi connectivity index (χ4v) is 2.66. The molecule has 0 aliphatic carbocycles. The molecule has 0 fully saturated rings. The molecule has 4 nitrogen and oxygen atoms in total. The Labute approximate surface area is 121 Å². The number of thioether (sulfide) groups is 1. The third-order valence-electron chi connectivity index (χ3n) is 2.41. The summed E-state index contributed by atoms with van der Waals surface area (Å²) in [5.74, 6) is 0.189. The average Bonchev–Trinajstić information content (AvgIpc) is 2.31. The third kappa shape index (κ3) is 9.78. The number of carbonyl (C=O) groups excluding carboxylic acids is 2. The standard InChI is InChI=1S/C13H25NO3SSi/c1-17-13(16)11(8-9-18-2)14-12(15)7-6-10-19(3,4)5/h6-7,11H,8-10H2,1-5H3,(H,14,15)/b7-6+/t11-/m0/s1. The fourth-order valence-electron chi connectivity index (χ4n) is 1.37. The first-order valence-corrected chi connectivity index (χ1v) is 11.4. The Morgan fingerprint density at radius 1 is 1.37 bits per heavy atom. The van der Waals surface area contributed by atoms with Gasteiger partial charge in [-0.2, -0.15) is 11.8 Å². The highest BCUT2D eigenvalue weighted by Crippen LogP contribution is 2.08. The molecular formula is C13H25NO3SSi. The summed E-state index contributed by atoms with van der Waals surface area (Å²) in [6.45, 7) is 6.72. The van der Waals surface area contributed by atoms with Crippen LogP contribution >= 0.6 is 11.8 Å². The van der Waals surface area contributed by atoms with Gasteiger partial charge in [-0.15, -0.1) is 0 Å². The molecule has 0 unspecified atom stereocenters. The van der Waals surface area contributed by atoms with Crippen LogP contribution < -0.4 is 5.32 Å². The van der Waals surface area contributed by atoms with Gasteiger partial charge in [0.25, 0.3) is 0 Å². The molecule has 0 radical (unpaired) electrons. The maximum absolute atomic E-state index is 11.7. The lowest BCUT2D eigenvalue weighted by atomic mass is 10.2. The number of carbonyl (C=O) groups is 2. The smallest absolute Gasteiger partial charge is 0.328 e. The topological polar surface area (TPSA) is 55.4 Å². The summed E-state index contributed by atoms with van der Waals surface area (Å²) in [5, 5.41) is 2.69. The normalized spacial score (nSPS) is 13.3. The Hall–Kier alpha value is -0.753. The van der Waals surface area contributed by atoms with Crippen molar-refractivity contribution in [1.82, 2.24) is 5.32 Å². The Morgan fingerprint density at radius 2 is 2.00 bits per heavy atom. The van der Waals surface area contributed by atoms with E-state index in [0.29, 0.717) is 6.42 Å². The molecule has 1 N–H and O–H groups in total. The van der Waals surface area contributed by atoms with Crippen molar-refractivity contribution in [1.29, 1.82) is 0 Å². The number of nitrogens with one attached hydrogen (secondary N) is 1. The first kappa shape index (κ1) is 18.2. The van der Waals surface area contributed by atoms with Gasteiger partial charge in [0.2, 0.25) is 5.91 Å². The number of ether oxygens (including phenoxy) is 1. The molecule has 0 spiro atoms. The van der Waals surface area contributed by atoms with Crippen LogP contribution in [0.2, 0.25) is 25.7 Å². The quantitative estimate of drug-likeness (QED) is 0.425. The zero-order valence-corrected chi connectivity index (χ0v) is 14.3. The van der Waals surface area contributed by atoms with Crippen LogP contribution in [0.15, 0.2) is 12.2 Å². The van der Waals surface area contributed by atoms with Gasteiger partial charge in [0.15, 0.2) is 0 Å². The molecule has 0 saturated heterocycles. The van der Waals surface area contributed by atoms with Crippen molar-refractivity contribution in [3.63, 3.8) is 0 Å². The molecule has 0 aliphatic heterocycles. The van der Waals surface area contributed by atoms with Gasteiger partial charge < -0.3 is 10.1 Å². The third-order valence-corrected chi connectivity index (χ3v) is 4.52. The van der Waals surface area contributed by atoms with E-state index >= 15 is 0 Å². The van der Waals surface area contributed by atoms with E-state index in [9.17, 15) is 9.59 Å². The Morgan fingerprint density at radius 3 is 2.47 bits per heavy atom. The van der Waals surface area contributed by atoms with Gasteiger partial charge in [-0.1, -0.05) is 25.7 Å². The van der Waals surface area contributed by atoms with Crippen molar-refractivity contribution >= 4 is 31.7 Å². The van der Waals surface area contributed by atoms with Crippen LogP contribution in [0.1, 0.15) is 6.42 Å². The lowest BCUT2D eigenvalue weighted by molar-refractivity contribution is -0.144. The molecule has 110 valence electrons. The molecule has 0 aromatic carbocycles. The molecule has 1 atom stereocenters. The van der Waals surface area contributed by atoms with Crippen molar-refractivity contribution in [3.8, 4) is 0 Å². The highest BCUT2D eigenvalue weighted by molar-refractivity contribution is 7.98. The lowest BCUT2D eigenvalue weighted by Gasteiger charge is -2.15. The first-order chi connectivity index (χ1) is 8.80. The van der Waals surface area contributed by atoms with Crippen LogP contribution in [-0.4, -0.2) is 45.1 Å². The van der Waals surface area contributed by atoms with E-state index in [1.807, 2.05) is 12.3 Å².